The highest BCUT2D eigenvalue weighted by molar-refractivity contribution is 5.81. The molecule has 1 aromatic carbocycles. The van der Waals surface area contributed by atoms with E-state index in [9.17, 15) is 9.59 Å². The molecule has 1 fully saturated rings. The molecule has 2 amide bonds. The molecule has 0 heterocycles. The summed E-state index contributed by atoms with van der Waals surface area (Å²) in [5, 5.41) is 5.89. The summed E-state index contributed by atoms with van der Waals surface area (Å²) in [7, 11) is 1.62. The van der Waals surface area contributed by atoms with Crippen LogP contribution in [0, 0.1) is 11.8 Å². The Morgan fingerprint density at radius 2 is 1.54 bits per heavy atom. The van der Waals surface area contributed by atoms with E-state index in [0.717, 1.165) is 37.2 Å². The van der Waals surface area contributed by atoms with Gasteiger partial charge in [0.15, 0.2) is 0 Å². The fourth-order valence-corrected chi connectivity index (χ4v) is 3.18. The molecule has 2 rings (SSSR count). The Kier molecular flexibility index (Phi) is 7.75. The van der Waals surface area contributed by atoms with Gasteiger partial charge in [0, 0.05) is 17.9 Å². The van der Waals surface area contributed by atoms with Crippen molar-refractivity contribution < 1.29 is 19.1 Å². The summed E-state index contributed by atoms with van der Waals surface area (Å²) < 4.78 is 10.7. The highest BCUT2D eigenvalue weighted by Crippen LogP contribution is 2.29. The summed E-state index contributed by atoms with van der Waals surface area (Å²) in [6, 6.07) is 7.51. The Hall–Kier alpha value is -2.24. The van der Waals surface area contributed by atoms with Gasteiger partial charge in [-0.2, -0.15) is 0 Å². The van der Waals surface area contributed by atoms with Crippen LogP contribution in [0.5, 0.6) is 11.5 Å². The highest BCUT2D eigenvalue weighted by atomic mass is 16.5. The van der Waals surface area contributed by atoms with E-state index in [-0.39, 0.29) is 29.7 Å². The van der Waals surface area contributed by atoms with Crippen molar-refractivity contribution in [3.8, 4) is 11.5 Å². The van der Waals surface area contributed by atoms with Crippen LogP contribution in [0.25, 0.3) is 0 Å². The van der Waals surface area contributed by atoms with Crippen LogP contribution in [-0.2, 0) is 9.59 Å². The molecular weight excluding hydrogens is 332 g/mol. The van der Waals surface area contributed by atoms with Gasteiger partial charge in [-0.3, -0.25) is 9.59 Å². The van der Waals surface area contributed by atoms with Crippen LogP contribution >= 0.6 is 0 Å². The molecule has 0 atom stereocenters. The van der Waals surface area contributed by atoms with Crippen molar-refractivity contribution >= 4 is 11.8 Å². The molecule has 0 saturated heterocycles. The van der Waals surface area contributed by atoms with Crippen LogP contribution < -0.4 is 20.1 Å². The number of methoxy groups -OCH3 is 1. The summed E-state index contributed by atoms with van der Waals surface area (Å²) in [6.45, 7) is 4.82. The Morgan fingerprint density at radius 3 is 2.08 bits per heavy atom. The zero-order valence-corrected chi connectivity index (χ0v) is 15.9. The van der Waals surface area contributed by atoms with E-state index in [4.69, 9.17) is 9.47 Å². The third kappa shape index (κ3) is 6.24. The lowest BCUT2D eigenvalue weighted by Gasteiger charge is -2.27. The zero-order chi connectivity index (χ0) is 18.9. The lowest BCUT2D eigenvalue weighted by atomic mass is 9.81. The van der Waals surface area contributed by atoms with Gasteiger partial charge < -0.3 is 20.1 Å². The number of benzene rings is 1. The summed E-state index contributed by atoms with van der Waals surface area (Å²) in [6.07, 6.45) is 3.08. The van der Waals surface area contributed by atoms with Crippen LogP contribution in [-0.4, -0.2) is 38.1 Å². The van der Waals surface area contributed by atoms with Crippen molar-refractivity contribution in [2.75, 3.05) is 20.3 Å². The summed E-state index contributed by atoms with van der Waals surface area (Å²) >= 11 is 0. The van der Waals surface area contributed by atoms with Crippen molar-refractivity contribution in [3.63, 3.8) is 0 Å². The van der Waals surface area contributed by atoms with Crippen molar-refractivity contribution in [3.05, 3.63) is 24.3 Å². The first-order valence-corrected chi connectivity index (χ1v) is 9.34. The summed E-state index contributed by atoms with van der Waals surface area (Å²) in [4.78, 5) is 24.3. The number of rotatable bonds is 8. The molecule has 0 aromatic heterocycles. The van der Waals surface area contributed by atoms with Gasteiger partial charge >= 0.3 is 0 Å². The number of nitrogens with one attached hydrogen (secondary N) is 2. The fraction of sp³-hybridized carbons (Fsp3) is 0.600. The Bertz CT molecular complexity index is 578. The number of carbonyl (C=O) groups is 2. The monoisotopic (exact) mass is 362 g/mol. The van der Waals surface area contributed by atoms with E-state index in [2.05, 4.69) is 10.6 Å². The fourth-order valence-electron chi connectivity index (χ4n) is 3.18. The third-order valence-electron chi connectivity index (χ3n) is 4.63. The maximum Gasteiger partial charge on any atom is 0.223 e. The minimum Gasteiger partial charge on any atom is -0.497 e. The number of carbonyl (C=O) groups excluding carboxylic acids is 2. The van der Waals surface area contributed by atoms with Gasteiger partial charge in [0.25, 0.3) is 0 Å². The van der Waals surface area contributed by atoms with Crippen LogP contribution in [0.15, 0.2) is 24.3 Å². The first-order valence-electron chi connectivity index (χ1n) is 9.34. The van der Waals surface area contributed by atoms with Gasteiger partial charge in [0.1, 0.15) is 18.1 Å². The van der Waals surface area contributed by atoms with Gasteiger partial charge in [0.05, 0.1) is 13.7 Å². The Morgan fingerprint density at radius 1 is 1.00 bits per heavy atom. The van der Waals surface area contributed by atoms with Gasteiger partial charge in [-0.1, -0.05) is 0 Å². The number of amides is 2. The second kappa shape index (κ2) is 10.0. The first kappa shape index (κ1) is 20.1. The van der Waals surface area contributed by atoms with E-state index < -0.39 is 0 Å². The molecule has 6 heteroatoms. The van der Waals surface area contributed by atoms with Crippen molar-refractivity contribution in [2.24, 2.45) is 11.8 Å². The van der Waals surface area contributed by atoms with Gasteiger partial charge in [-0.25, -0.2) is 0 Å². The maximum atomic E-state index is 12.3. The lowest BCUT2D eigenvalue weighted by Crippen LogP contribution is -2.40. The number of ether oxygens (including phenoxy) is 2. The molecule has 6 nitrogen and oxygen atoms in total. The largest absolute Gasteiger partial charge is 0.497 e. The quantitative estimate of drug-likeness (QED) is 0.697. The summed E-state index contributed by atoms with van der Waals surface area (Å²) in [5.41, 5.74) is 0. The molecule has 2 N–H and O–H groups in total. The molecule has 26 heavy (non-hydrogen) atoms. The molecule has 0 spiro atoms. The Balaban J connectivity index is 1.63. The molecule has 0 unspecified atom stereocenters. The molecular formula is C20H30N2O4. The number of hydrogen-bond acceptors (Lipinski definition) is 4. The molecule has 1 aliphatic rings. The van der Waals surface area contributed by atoms with Crippen LogP contribution in [0.1, 0.15) is 39.5 Å². The van der Waals surface area contributed by atoms with E-state index in [1.165, 1.54) is 0 Å². The predicted molar refractivity (Wildman–Crippen MR) is 100 cm³/mol. The second-order valence-corrected chi connectivity index (χ2v) is 7.03. The molecule has 1 saturated carbocycles. The minimum absolute atomic E-state index is 0.000846. The molecule has 0 aliphatic heterocycles. The van der Waals surface area contributed by atoms with E-state index in [1.807, 2.05) is 38.1 Å². The molecule has 0 bridgehead atoms. The number of hydrogen-bond donors (Lipinski definition) is 2. The topological polar surface area (TPSA) is 76.7 Å². The maximum absolute atomic E-state index is 12.3. The SMILES string of the molecule is COc1ccc(OCCNC(=O)C2CCC(C(=O)NC(C)C)CC2)cc1. The average molecular weight is 362 g/mol. The average Bonchev–Trinajstić information content (AvgIpc) is 2.65. The minimum atomic E-state index is -0.000846. The van der Waals surface area contributed by atoms with Crippen LogP contribution in [0.3, 0.4) is 0 Å². The van der Waals surface area contributed by atoms with Crippen LogP contribution in [0.2, 0.25) is 0 Å². The Labute approximate surface area is 155 Å². The molecule has 144 valence electrons. The summed E-state index contributed by atoms with van der Waals surface area (Å²) in [5.74, 6) is 1.75. The normalized spacial score (nSPS) is 19.7. The van der Waals surface area contributed by atoms with Crippen molar-refractivity contribution in [1.29, 1.82) is 0 Å². The lowest BCUT2D eigenvalue weighted by molar-refractivity contribution is -0.130. The molecule has 0 radical (unpaired) electrons. The van der Waals surface area contributed by atoms with Gasteiger partial charge in [-0.15, -0.1) is 0 Å². The molecule has 1 aliphatic carbocycles. The van der Waals surface area contributed by atoms with Crippen molar-refractivity contribution in [1.82, 2.24) is 10.6 Å². The van der Waals surface area contributed by atoms with E-state index in [0.29, 0.717) is 13.2 Å². The van der Waals surface area contributed by atoms with E-state index >= 15 is 0 Å². The molecule has 1 aromatic rings. The highest BCUT2D eigenvalue weighted by Gasteiger charge is 2.29. The van der Waals surface area contributed by atoms with E-state index in [1.54, 1.807) is 7.11 Å². The van der Waals surface area contributed by atoms with Crippen LogP contribution in [0.4, 0.5) is 0 Å². The predicted octanol–water partition coefficient (Wildman–Crippen LogP) is 2.52. The van der Waals surface area contributed by atoms with Crippen molar-refractivity contribution in [2.45, 2.75) is 45.6 Å². The second-order valence-electron chi connectivity index (χ2n) is 7.03. The van der Waals surface area contributed by atoms with Gasteiger partial charge in [0.2, 0.25) is 11.8 Å². The standard InChI is InChI=1S/C20H30N2O4/c1-14(2)22-20(24)16-6-4-15(5-7-16)19(23)21-12-13-26-18-10-8-17(25-3)9-11-18/h8-11,14-16H,4-7,12-13H2,1-3H3,(H,21,23)(H,22,24). The van der Waals surface area contributed by atoms with Gasteiger partial charge in [-0.05, 0) is 63.8 Å². The first-order chi connectivity index (χ1) is 12.5. The zero-order valence-electron chi connectivity index (χ0n) is 15.9. The third-order valence-corrected chi connectivity index (χ3v) is 4.63. The smallest absolute Gasteiger partial charge is 0.223 e.